The fourth-order valence-electron chi connectivity index (χ4n) is 13.0. The second-order valence-electron chi connectivity index (χ2n) is 26.0. The molecule has 33 heteroatoms. The number of H-pyrrole nitrogens is 9. The van der Waals surface area contributed by atoms with Crippen LogP contribution >= 0.6 is 0 Å². The molecule has 2 fully saturated rings. The number of carbonyl (C=O) groups is 5. The van der Waals surface area contributed by atoms with Crippen LogP contribution in [0.5, 0.6) is 0 Å². The molecule has 7 aromatic carbocycles. The average Bonchev–Trinajstić information content (AvgIpc) is 1.66. The zero-order chi connectivity index (χ0) is 76.7. The Hall–Kier alpha value is -14.5. The number of imidazole rings is 4. The number of benzene rings is 7. The Morgan fingerprint density at radius 2 is 0.964 bits per heavy atom. The maximum Gasteiger partial charge on any atom is 0.261 e. The van der Waals surface area contributed by atoms with Gasteiger partial charge in [-0.2, -0.15) is 20.4 Å². The van der Waals surface area contributed by atoms with Gasteiger partial charge in [0.05, 0.1) is 104 Å². The average molecular weight is 1500 g/mol. The minimum Gasteiger partial charge on any atom is -0.361 e. The number of halogens is 4. The topological polar surface area (TPSA) is 388 Å². The molecular weight excluding hydrogens is 1430 g/mol. The van der Waals surface area contributed by atoms with Crippen LogP contribution < -0.4 is 21.3 Å². The molecule has 2 aliphatic heterocycles. The molecule has 2 saturated heterocycles. The maximum absolute atomic E-state index is 14.0. The number of anilines is 4. The van der Waals surface area contributed by atoms with Gasteiger partial charge in [0, 0.05) is 51.2 Å². The van der Waals surface area contributed by atoms with Crippen molar-refractivity contribution in [3.05, 3.63) is 240 Å². The van der Waals surface area contributed by atoms with Crippen LogP contribution in [-0.4, -0.2) is 176 Å². The third-order valence-corrected chi connectivity index (χ3v) is 18.5. The normalized spacial score (nSPS) is 13.0. The van der Waals surface area contributed by atoms with Gasteiger partial charge in [0.1, 0.15) is 62.7 Å². The summed E-state index contributed by atoms with van der Waals surface area (Å²) >= 11 is 0. The second kappa shape index (κ2) is 31.9. The van der Waals surface area contributed by atoms with Gasteiger partial charge in [-0.25, -0.2) is 37.5 Å². The monoisotopic (exact) mass is 1500 g/mol. The molecule has 0 saturated carbocycles. The van der Waals surface area contributed by atoms with Gasteiger partial charge in [0.15, 0.2) is 23.3 Å². The first-order valence-electron chi connectivity index (χ1n) is 35.1. The van der Waals surface area contributed by atoms with Gasteiger partial charge in [-0.15, -0.1) is 0 Å². The Morgan fingerprint density at radius 1 is 0.459 bits per heavy atom. The number of hydrogen-bond donors (Lipinski definition) is 13. The van der Waals surface area contributed by atoms with E-state index in [-0.39, 0.29) is 29.1 Å². The van der Waals surface area contributed by atoms with Gasteiger partial charge in [-0.05, 0) is 117 Å². The number of likely N-dealkylation sites (N-methyl/N-ethyl adjacent to an activating group) is 1. The van der Waals surface area contributed by atoms with E-state index >= 15 is 0 Å². The molecular formula is C78H68F4N24O5. The van der Waals surface area contributed by atoms with E-state index < -0.39 is 46.2 Å². The third kappa shape index (κ3) is 15.9. The lowest BCUT2D eigenvalue weighted by atomic mass is 10.1. The standard InChI is InChI=1S/C23H21F2N7O2.C22H20F2N6O.C19H14N6O.C14H13N5O/c1-31-8-10-32(11-9-31)23(34)13-4-2-7-16-19(13)29-21(27-16)20-17(12-26-30-20)28-22(33)18-14(24)5-3-6-15(18)25;23-14-4-3-5-15(24)19(14)22(31)28-18-11-25-29-20(18)21-26-16-7-6-13(10-17(16)27-21)12-30-8-1-2-9-30;26-19(12-5-3-4-11-8-9-20-16(11)12)24-15-10-21-25-17(15)18-22-13-6-1-2-7-14(13)23-18;1-9(20)17-12-8-16-19-13(12)14-15-7-11(18-14)10-5-3-2-4-6-10/h2-7,12H,8-11H2,1H3,(H,26,30)(H,27,29)(H,28,33);3-7,10-11H,1-2,8-9,12H2,(H,25,29)(H,26,27)(H,28,31);1-10,20H,(H,21,25)(H,22,23)(H,24,26);2-8H,1H3,(H,15,18)(H,16,19)(H,17,20). The van der Waals surface area contributed by atoms with Gasteiger partial charge >= 0.3 is 0 Å². The van der Waals surface area contributed by atoms with E-state index in [1.165, 1.54) is 49.9 Å². The predicted octanol–water partition coefficient (Wildman–Crippen LogP) is 13.1. The maximum atomic E-state index is 14.0. The van der Waals surface area contributed by atoms with Crippen LogP contribution in [0.25, 0.3) is 101 Å². The third-order valence-electron chi connectivity index (χ3n) is 18.5. The van der Waals surface area contributed by atoms with Gasteiger partial charge in [-0.1, -0.05) is 78.9 Å². The first-order chi connectivity index (χ1) is 54.0. The van der Waals surface area contributed by atoms with Crippen molar-refractivity contribution in [3.63, 3.8) is 0 Å². The van der Waals surface area contributed by atoms with Crippen molar-refractivity contribution in [2.75, 3.05) is 67.6 Å². The zero-order valence-electron chi connectivity index (χ0n) is 59.2. The van der Waals surface area contributed by atoms with E-state index in [1.54, 1.807) is 47.8 Å². The highest BCUT2D eigenvalue weighted by Gasteiger charge is 2.27. The number of nitrogens with zero attached hydrogens (tertiary/aromatic N) is 11. The Kier molecular flexibility index (Phi) is 20.7. The fraction of sp³-hybridized carbons (Fsp3) is 0.141. The Labute approximate surface area is 626 Å². The Morgan fingerprint density at radius 3 is 1.57 bits per heavy atom. The zero-order valence-corrected chi connectivity index (χ0v) is 59.2. The summed E-state index contributed by atoms with van der Waals surface area (Å²) in [6.07, 6.45) is 11.9. The fourth-order valence-corrected chi connectivity index (χ4v) is 13.0. The molecule has 0 atom stereocenters. The molecule has 0 radical (unpaired) electrons. The minimum absolute atomic E-state index is 0.107. The molecule has 13 N–H and O–H groups in total. The summed E-state index contributed by atoms with van der Waals surface area (Å²) in [6, 6.07) is 43.0. The molecule has 5 amide bonds. The summed E-state index contributed by atoms with van der Waals surface area (Å²) in [5, 5.41) is 38.7. The van der Waals surface area contributed by atoms with Crippen LogP contribution in [0.1, 0.15) is 66.8 Å². The molecule has 0 unspecified atom stereocenters. The number of piperazine rings is 1. The molecule has 2 aliphatic rings. The number of hydrogen-bond acceptors (Lipinski definition) is 15. The molecule has 0 aliphatic carbocycles. The van der Waals surface area contributed by atoms with Crippen molar-refractivity contribution >= 4 is 96.3 Å². The summed E-state index contributed by atoms with van der Waals surface area (Å²) in [7, 11) is 2.02. The van der Waals surface area contributed by atoms with Gasteiger partial charge in [-0.3, -0.25) is 49.3 Å². The highest BCUT2D eigenvalue weighted by atomic mass is 19.1. The van der Waals surface area contributed by atoms with Crippen molar-refractivity contribution in [1.82, 2.24) is 100 Å². The van der Waals surface area contributed by atoms with Crippen LogP contribution in [0.2, 0.25) is 0 Å². The van der Waals surface area contributed by atoms with Crippen LogP contribution in [0, 0.1) is 23.3 Å². The number of rotatable bonds is 15. The first-order valence-corrected chi connectivity index (χ1v) is 35.1. The van der Waals surface area contributed by atoms with Gasteiger partial charge < -0.3 is 56.0 Å². The lowest BCUT2D eigenvalue weighted by Gasteiger charge is -2.32. The van der Waals surface area contributed by atoms with Crippen molar-refractivity contribution in [2.24, 2.45) is 0 Å². The second-order valence-corrected chi connectivity index (χ2v) is 26.0. The summed E-state index contributed by atoms with van der Waals surface area (Å²) in [5.74, 6) is -4.11. The summed E-state index contributed by atoms with van der Waals surface area (Å²) in [4.78, 5) is 102. The van der Waals surface area contributed by atoms with Gasteiger partial charge in [0.2, 0.25) is 5.91 Å². The quantitative estimate of drug-likeness (QED) is 0.0424. The van der Waals surface area contributed by atoms with E-state index in [1.807, 2.05) is 92.1 Å². The highest BCUT2D eigenvalue weighted by Crippen LogP contribution is 2.33. The molecule has 9 aromatic heterocycles. The number of fused-ring (bicyclic) bond motifs is 4. The predicted molar refractivity (Wildman–Crippen MR) is 410 cm³/mol. The van der Waals surface area contributed by atoms with Crippen molar-refractivity contribution in [1.29, 1.82) is 0 Å². The summed E-state index contributed by atoms with van der Waals surface area (Å²) in [5.41, 5.74) is 11.8. The number of likely N-dealkylation sites (tertiary alicyclic amines) is 1. The van der Waals surface area contributed by atoms with Crippen LogP contribution in [0.3, 0.4) is 0 Å². The molecule has 11 heterocycles. The molecule has 0 spiro atoms. The number of nitrogens with one attached hydrogen (secondary N) is 13. The highest BCUT2D eigenvalue weighted by molar-refractivity contribution is 6.13. The van der Waals surface area contributed by atoms with E-state index in [4.69, 9.17) is 0 Å². The number of para-hydroxylation sites is 4. The van der Waals surface area contributed by atoms with Crippen LogP contribution in [0.4, 0.5) is 40.3 Å². The van der Waals surface area contributed by atoms with Crippen molar-refractivity contribution < 1.29 is 41.5 Å². The molecule has 558 valence electrons. The number of carbonyl (C=O) groups excluding carboxylic acids is 5. The molecule has 29 nitrogen and oxygen atoms in total. The molecule has 111 heavy (non-hydrogen) atoms. The molecule has 0 bridgehead atoms. The number of aromatic amines is 9. The summed E-state index contributed by atoms with van der Waals surface area (Å²) in [6.45, 7) is 7.44. The number of amides is 5. The smallest absolute Gasteiger partial charge is 0.261 e. The Balaban J connectivity index is 0.000000119. The first kappa shape index (κ1) is 72.1. The van der Waals surface area contributed by atoms with E-state index in [2.05, 4.69) is 129 Å². The molecule has 18 rings (SSSR count). The van der Waals surface area contributed by atoms with Crippen LogP contribution in [0.15, 0.2) is 189 Å². The largest absolute Gasteiger partial charge is 0.361 e. The van der Waals surface area contributed by atoms with E-state index in [0.29, 0.717) is 92.7 Å². The van der Waals surface area contributed by atoms with Gasteiger partial charge in [0.25, 0.3) is 23.6 Å². The van der Waals surface area contributed by atoms with E-state index in [0.717, 1.165) is 101 Å². The lowest BCUT2D eigenvalue weighted by molar-refractivity contribution is -0.114. The SMILES string of the molecule is CC(=O)Nc1cn[nH]c1-c1ncc(-c2ccccc2)[nH]1.CN1CCN(C(=O)c2cccc3[nH]c(-c4[nH]ncc4NC(=O)c4c(F)cccc4F)nc23)CC1.O=C(Nc1cn[nH]c1-c1nc2ccc(CN3CCCC3)cc2[nH]1)c1c(F)cccc1F.O=C(Nc1cn[nH]c1-c1nc2ccccc2[nH]1)c1cccc2cc[nH]c12. The van der Waals surface area contributed by atoms with E-state index in [9.17, 15) is 41.5 Å². The summed E-state index contributed by atoms with van der Waals surface area (Å²) < 4.78 is 55.9. The lowest BCUT2D eigenvalue weighted by Crippen LogP contribution is -2.47. The van der Waals surface area contributed by atoms with Crippen LogP contribution in [-0.2, 0) is 11.3 Å². The Bertz CT molecular complexity index is 6000. The molecule has 16 aromatic rings. The van der Waals surface area contributed by atoms with Crippen molar-refractivity contribution in [3.8, 4) is 57.3 Å². The van der Waals surface area contributed by atoms with Crippen molar-refractivity contribution in [2.45, 2.75) is 26.3 Å². The minimum atomic E-state index is -0.974. The number of aromatic nitrogens is 17.